The number of nitrogens with zero attached hydrogens (tertiary/aromatic N) is 1. The third kappa shape index (κ3) is 5.21. The van der Waals surface area contributed by atoms with Gasteiger partial charge in [0.15, 0.2) is 0 Å². The molecule has 1 aromatic carbocycles. The lowest BCUT2D eigenvalue weighted by atomic mass is 9.92. The number of methoxy groups -OCH3 is 2. The van der Waals surface area contributed by atoms with Crippen molar-refractivity contribution in [2.24, 2.45) is 5.73 Å². The van der Waals surface area contributed by atoms with Crippen LogP contribution >= 0.6 is 0 Å². The van der Waals surface area contributed by atoms with E-state index in [1.807, 2.05) is 6.07 Å². The van der Waals surface area contributed by atoms with Crippen molar-refractivity contribution in [1.29, 1.82) is 0 Å². The van der Waals surface area contributed by atoms with Gasteiger partial charge in [0.1, 0.15) is 0 Å². The normalized spacial score (nSPS) is 14.4. The Bertz CT molecular complexity index is 338. The summed E-state index contributed by atoms with van der Waals surface area (Å²) >= 11 is 0. The molecule has 2 unspecified atom stereocenters. The Labute approximate surface area is 122 Å². The average molecular weight is 280 g/mol. The van der Waals surface area contributed by atoms with Gasteiger partial charge in [0.2, 0.25) is 0 Å². The summed E-state index contributed by atoms with van der Waals surface area (Å²) in [5.74, 6) is 0.384. The molecule has 4 heteroatoms. The molecule has 0 aliphatic carbocycles. The van der Waals surface area contributed by atoms with Crippen LogP contribution in [0.1, 0.15) is 18.4 Å². The molecule has 1 rings (SSSR count). The van der Waals surface area contributed by atoms with Gasteiger partial charge in [-0.15, -0.1) is 0 Å². The standard InChI is InChI=1S/C16H28N2O2/c1-14(15-7-5-4-6-8-15)16(13-17)18(9-11-19-2)10-12-20-3/h4-8,14,16H,9-13,17H2,1-3H3. The Morgan fingerprint density at radius 2 is 1.60 bits per heavy atom. The fraction of sp³-hybridized carbons (Fsp3) is 0.625. The van der Waals surface area contributed by atoms with Crippen molar-refractivity contribution >= 4 is 0 Å². The Morgan fingerprint density at radius 3 is 2.05 bits per heavy atom. The lowest BCUT2D eigenvalue weighted by molar-refractivity contribution is 0.0821. The second-order valence-corrected chi connectivity index (χ2v) is 5.02. The molecule has 0 aliphatic rings. The zero-order chi connectivity index (χ0) is 14.8. The lowest BCUT2D eigenvalue weighted by Gasteiger charge is -2.35. The summed E-state index contributed by atoms with van der Waals surface area (Å²) in [5, 5.41) is 0. The van der Waals surface area contributed by atoms with Gasteiger partial charge in [-0.05, 0) is 11.5 Å². The molecule has 2 N–H and O–H groups in total. The molecule has 0 heterocycles. The van der Waals surface area contributed by atoms with Crippen molar-refractivity contribution in [3.63, 3.8) is 0 Å². The van der Waals surface area contributed by atoms with E-state index in [1.54, 1.807) is 14.2 Å². The number of ether oxygens (including phenoxy) is 2. The van der Waals surface area contributed by atoms with Crippen LogP contribution in [0.2, 0.25) is 0 Å². The molecular formula is C16H28N2O2. The van der Waals surface area contributed by atoms with E-state index >= 15 is 0 Å². The predicted octanol–water partition coefficient (Wildman–Crippen LogP) is 1.71. The fourth-order valence-electron chi connectivity index (χ4n) is 2.51. The molecule has 2 atom stereocenters. The number of nitrogens with two attached hydrogens (primary N) is 1. The molecule has 4 nitrogen and oxygen atoms in total. The first-order valence-electron chi connectivity index (χ1n) is 7.21. The maximum Gasteiger partial charge on any atom is 0.0589 e. The van der Waals surface area contributed by atoms with Crippen LogP contribution in [0.4, 0.5) is 0 Å². The highest BCUT2D eigenvalue weighted by Crippen LogP contribution is 2.22. The summed E-state index contributed by atoms with van der Waals surface area (Å²) in [5.41, 5.74) is 7.35. The molecule has 0 aromatic heterocycles. The molecule has 0 amide bonds. The van der Waals surface area contributed by atoms with Gasteiger partial charge in [0, 0.05) is 39.9 Å². The van der Waals surface area contributed by atoms with Crippen molar-refractivity contribution in [1.82, 2.24) is 4.90 Å². The Kier molecular flexibility index (Phi) is 8.46. The van der Waals surface area contributed by atoms with Gasteiger partial charge in [-0.3, -0.25) is 4.90 Å². The highest BCUT2D eigenvalue weighted by molar-refractivity contribution is 5.20. The molecule has 20 heavy (non-hydrogen) atoms. The van der Waals surface area contributed by atoms with Crippen LogP contribution in [0.15, 0.2) is 30.3 Å². The third-order valence-corrected chi connectivity index (χ3v) is 3.78. The summed E-state index contributed by atoms with van der Waals surface area (Å²) in [6.45, 7) is 6.03. The molecular weight excluding hydrogens is 252 g/mol. The zero-order valence-electron chi connectivity index (χ0n) is 12.9. The van der Waals surface area contributed by atoms with Crippen LogP contribution in [0.3, 0.4) is 0 Å². The molecule has 0 aliphatic heterocycles. The minimum atomic E-state index is 0.294. The van der Waals surface area contributed by atoms with Crippen LogP contribution in [0, 0.1) is 0 Å². The minimum absolute atomic E-state index is 0.294. The number of hydrogen-bond acceptors (Lipinski definition) is 4. The van der Waals surface area contributed by atoms with E-state index in [-0.39, 0.29) is 0 Å². The van der Waals surface area contributed by atoms with E-state index in [0.717, 1.165) is 13.1 Å². The quantitative estimate of drug-likeness (QED) is 0.709. The Morgan fingerprint density at radius 1 is 1.05 bits per heavy atom. The largest absolute Gasteiger partial charge is 0.383 e. The first-order chi connectivity index (χ1) is 9.74. The van der Waals surface area contributed by atoms with E-state index in [0.29, 0.717) is 31.7 Å². The highest BCUT2D eigenvalue weighted by atomic mass is 16.5. The number of rotatable bonds is 10. The van der Waals surface area contributed by atoms with Gasteiger partial charge < -0.3 is 15.2 Å². The zero-order valence-corrected chi connectivity index (χ0v) is 12.9. The van der Waals surface area contributed by atoms with Gasteiger partial charge in [0.25, 0.3) is 0 Å². The van der Waals surface area contributed by atoms with E-state index in [4.69, 9.17) is 15.2 Å². The van der Waals surface area contributed by atoms with Crippen LogP contribution in [0.5, 0.6) is 0 Å². The van der Waals surface area contributed by atoms with Gasteiger partial charge in [-0.1, -0.05) is 37.3 Å². The SMILES string of the molecule is COCCN(CCOC)C(CN)C(C)c1ccccc1. The second kappa shape index (κ2) is 9.88. The van der Waals surface area contributed by atoms with E-state index in [1.165, 1.54) is 5.56 Å². The Balaban J connectivity index is 2.76. The van der Waals surface area contributed by atoms with Crippen molar-refractivity contribution in [3.8, 4) is 0 Å². The summed E-state index contributed by atoms with van der Waals surface area (Å²) in [6.07, 6.45) is 0. The molecule has 0 radical (unpaired) electrons. The molecule has 0 bridgehead atoms. The van der Waals surface area contributed by atoms with Crippen molar-refractivity contribution in [3.05, 3.63) is 35.9 Å². The monoisotopic (exact) mass is 280 g/mol. The minimum Gasteiger partial charge on any atom is -0.383 e. The first-order valence-corrected chi connectivity index (χ1v) is 7.21. The van der Waals surface area contributed by atoms with Crippen molar-refractivity contribution in [2.45, 2.75) is 18.9 Å². The third-order valence-electron chi connectivity index (χ3n) is 3.78. The summed E-state index contributed by atoms with van der Waals surface area (Å²) in [6, 6.07) is 10.8. The van der Waals surface area contributed by atoms with Crippen LogP contribution in [-0.4, -0.2) is 58.0 Å². The maximum atomic E-state index is 6.03. The van der Waals surface area contributed by atoms with Crippen LogP contribution in [-0.2, 0) is 9.47 Å². The van der Waals surface area contributed by atoms with E-state index in [9.17, 15) is 0 Å². The molecule has 0 fully saturated rings. The summed E-state index contributed by atoms with van der Waals surface area (Å²) < 4.78 is 10.4. The number of benzene rings is 1. The molecule has 0 spiro atoms. The van der Waals surface area contributed by atoms with E-state index < -0.39 is 0 Å². The molecule has 0 saturated heterocycles. The smallest absolute Gasteiger partial charge is 0.0589 e. The average Bonchev–Trinajstić information content (AvgIpc) is 2.50. The van der Waals surface area contributed by atoms with Gasteiger partial charge >= 0.3 is 0 Å². The predicted molar refractivity (Wildman–Crippen MR) is 83.0 cm³/mol. The van der Waals surface area contributed by atoms with Gasteiger partial charge in [-0.25, -0.2) is 0 Å². The second-order valence-electron chi connectivity index (χ2n) is 5.02. The van der Waals surface area contributed by atoms with Crippen LogP contribution < -0.4 is 5.73 Å². The molecule has 1 aromatic rings. The maximum absolute atomic E-state index is 6.03. The summed E-state index contributed by atoms with van der Waals surface area (Å²) in [7, 11) is 3.46. The van der Waals surface area contributed by atoms with Gasteiger partial charge in [0.05, 0.1) is 13.2 Å². The first kappa shape index (κ1) is 17.1. The number of hydrogen-bond donors (Lipinski definition) is 1. The lowest BCUT2D eigenvalue weighted by Crippen LogP contribution is -2.46. The van der Waals surface area contributed by atoms with Gasteiger partial charge in [-0.2, -0.15) is 0 Å². The van der Waals surface area contributed by atoms with Crippen molar-refractivity contribution in [2.75, 3.05) is 47.1 Å². The molecule has 0 saturated carbocycles. The van der Waals surface area contributed by atoms with E-state index in [2.05, 4.69) is 36.1 Å². The molecule has 114 valence electrons. The topological polar surface area (TPSA) is 47.7 Å². The summed E-state index contributed by atoms with van der Waals surface area (Å²) in [4.78, 5) is 2.37. The highest BCUT2D eigenvalue weighted by Gasteiger charge is 2.23. The van der Waals surface area contributed by atoms with Crippen molar-refractivity contribution < 1.29 is 9.47 Å². The fourth-order valence-corrected chi connectivity index (χ4v) is 2.51. The van der Waals surface area contributed by atoms with Crippen LogP contribution in [0.25, 0.3) is 0 Å². The Hall–Kier alpha value is -0.940.